The van der Waals surface area contributed by atoms with E-state index in [9.17, 15) is 0 Å². The van der Waals surface area contributed by atoms with E-state index in [1.807, 2.05) is 50.2 Å². The summed E-state index contributed by atoms with van der Waals surface area (Å²) in [6.07, 6.45) is 1.41. The van der Waals surface area contributed by atoms with Crippen LogP contribution in [-0.4, -0.2) is 17.1 Å². The van der Waals surface area contributed by atoms with Crippen LogP contribution in [0.15, 0.2) is 42.7 Å². The second-order valence-corrected chi connectivity index (χ2v) is 6.49. The molecule has 2 aromatic carbocycles. The maximum atomic E-state index is 6.20. The van der Waals surface area contributed by atoms with E-state index in [2.05, 4.69) is 15.3 Å². The predicted octanol–water partition coefficient (Wildman–Crippen LogP) is 4.74. The third kappa shape index (κ3) is 4.41. The van der Waals surface area contributed by atoms with Crippen molar-refractivity contribution in [3.05, 3.63) is 64.4 Å². The van der Waals surface area contributed by atoms with Crippen molar-refractivity contribution in [2.45, 2.75) is 20.4 Å². The molecule has 0 radical (unpaired) electrons. The van der Waals surface area contributed by atoms with Crippen molar-refractivity contribution >= 4 is 23.1 Å². The molecule has 0 unspecified atom stereocenters. The number of rotatable bonds is 6. The van der Waals surface area contributed by atoms with Crippen LogP contribution < -0.4 is 20.5 Å². The van der Waals surface area contributed by atoms with Gasteiger partial charge in [0.2, 0.25) is 5.88 Å². The molecule has 27 heavy (non-hydrogen) atoms. The van der Waals surface area contributed by atoms with Gasteiger partial charge in [-0.2, -0.15) is 4.98 Å². The summed E-state index contributed by atoms with van der Waals surface area (Å²) >= 11 is 6.20. The molecule has 3 rings (SSSR count). The molecule has 7 heteroatoms. The standard InChI is InChI=1S/C20H21ClN4O2/c1-12-8-16(9-13(2)17(12)21)27-20-18(22)19(24-11-25-20)23-10-14-4-6-15(26-3)7-5-14/h4-9,11H,10,22H2,1-3H3,(H,23,24,25). The number of aryl methyl sites for hydroxylation is 2. The topological polar surface area (TPSA) is 82.3 Å². The van der Waals surface area contributed by atoms with E-state index in [1.165, 1.54) is 6.33 Å². The van der Waals surface area contributed by atoms with Crippen LogP contribution in [-0.2, 0) is 6.54 Å². The molecule has 0 bridgehead atoms. The summed E-state index contributed by atoms with van der Waals surface area (Å²) < 4.78 is 11.0. The third-order valence-corrected chi connectivity index (χ3v) is 4.69. The highest BCUT2D eigenvalue weighted by molar-refractivity contribution is 6.32. The lowest BCUT2D eigenvalue weighted by atomic mass is 10.1. The van der Waals surface area contributed by atoms with E-state index in [0.29, 0.717) is 29.7 Å². The van der Waals surface area contributed by atoms with Gasteiger partial charge < -0.3 is 20.5 Å². The second kappa shape index (κ2) is 8.14. The molecule has 1 heterocycles. The summed E-state index contributed by atoms with van der Waals surface area (Å²) in [4.78, 5) is 8.35. The summed E-state index contributed by atoms with van der Waals surface area (Å²) in [6, 6.07) is 11.4. The van der Waals surface area contributed by atoms with Crippen molar-refractivity contribution in [1.82, 2.24) is 9.97 Å². The Morgan fingerprint density at radius 3 is 2.33 bits per heavy atom. The number of hydrogen-bond donors (Lipinski definition) is 2. The molecule has 0 amide bonds. The fourth-order valence-electron chi connectivity index (χ4n) is 2.61. The van der Waals surface area contributed by atoms with E-state index < -0.39 is 0 Å². The minimum Gasteiger partial charge on any atom is -0.497 e. The maximum absolute atomic E-state index is 6.20. The van der Waals surface area contributed by atoms with Crippen LogP contribution in [0.25, 0.3) is 0 Å². The average molecular weight is 385 g/mol. The zero-order valence-electron chi connectivity index (χ0n) is 15.4. The van der Waals surface area contributed by atoms with Crippen LogP contribution >= 0.6 is 11.6 Å². The summed E-state index contributed by atoms with van der Waals surface area (Å²) in [6.45, 7) is 4.41. The fraction of sp³-hybridized carbons (Fsp3) is 0.200. The SMILES string of the molecule is COc1ccc(CNc2ncnc(Oc3cc(C)c(Cl)c(C)c3)c2N)cc1. The van der Waals surface area contributed by atoms with Gasteiger partial charge in [-0.3, -0.25) is 0 Å². The van der Waals surface area contributed by atoms with Crippen molar-refractivity contribution in [2.24, 2.45) is 0 Å². The zero-order valence-corrected chi connectivity index (χ0v) is 16.2. The van der Waals surface area contributed by atoms with Crippen molar-refractivity contribution in [1.29, 1.82) is 0 Å². The molecular weight excluding hydrogens is 364 g/mol. The molecule has 6 nitrogen and oxygen atoms in total. The first-order valence-electron chi connectivity index (χ1n) is 8.40. The van der Waals surface area contributed by atoms with Crippen molar-refractivity contribution in [3.63, 3.8) is 0 Å². The fourth-order valence-corrected chi connectivity index (χ4v) is 2.72. The Morgan fingerprint density at radius 2 is 1.70 bits per heavy atom. The lowest BCUT2D eigenvalue weighted by Crippen LogP contribution is -2.07. The Labute approximate surface area is 163 Å². The van der Waals surface area contributed by atoms with Gasteiger partial charge in [0.05, 0.1) is 7.11 Å². The molecule has 1 aromatic heterocycles. The van der Waals surface area contributed by atoms with Crippen LogP contribution in [0, 0.1) is 13.8 Å². The molecule has 0 saturated carbocycles. The number of nitrogens with one attached hydrogen (secondary N) is 1. The van der Waals surface area contributed by atoms with E-state index in [1.54, 1.807) is 7.11 Å². The molecule has 0 aliphatic heterocycles. The number of benzene rings is 2. The zero-order chi connectivity index (χ0) is 19.4. The number of halogens is 1. The van der Waals surface area contributed by atoms with Gasteiger partial charge in [-0.25, -0.2) is 4.98 Å². The van der Waals surface area contributed by atoms with Crippen molar-refractivity contribution in [2.75, 3.05) is 18.2 Å². The molecule has 0 spiro atoms. The van der Waals surface area contributed by atoms with Crippen LogP contribution in [0.2, 0.25) is 5.02 Å². The highest BCUT2D eigenvalue weighted by atomic mass is 35.5. The van der Waals surface area contributed by atoms with Crippen LogP contribution in [0.3, 0.4) is 0 Å². The average Bonchev–Trinajstić information content (AvgIpc) is 2.67. The maximum Gasteiger partial charge on any atom is 0.248 e. The Balaban J connectivity index is 1.75. The molecule has 140 valence electrons. The van der Waals surface area contributed by atoms with Gasteiger partial charge >= 0.3 is 0 Å². The predicted molar refractivity (Wildman–Crippen MR) is 108 cm³/mol. The van der Waals surface area contributed by atoms with Gasteiger partial charge in [-0.15, -0.1) is 0 Å². The van der Waals surface area contributed by atoms with Crippen LogP contribution in [0.4, 0.5) is 11.5 Å². The highest BCUT2D eigenvalue weighted by Crippen LogP contribution is 2.32. The first kappa shape index (κ1) is 18.8. The molecule has 3 aromatic rings. The Hall–Kier alpha value is -2.99. The molecule has 0 aliphatic rings. The first-order chi connectivity index (χ1) is 13.0. The van der Waals surface area contributed by atoms with E-state index >= 15 is 0 Å². The van der Waals surface area contributed by atoms with E-state index in [4.69, 9.17) is 26.8 Å². The minimum atomic E-state index is 0.295. The van der Waals surface area contributed by atoms with Gasteiger partial charge in [0.25, 0.3) is 0 Å². The number of ether oxygens (including phenoxy) is 2. The summed E-state index contributed by atoms with van der Waals surface area (Å²) in [7, 11) is 1.64. The Kier molecular flexibility index (Phi) is 5.66. The number of anilines is 2. The van der Waals surface area contributed by atoms with Gasteiger partial charge in [0.1, 0.15) is 23.5 Å². The molecule has 0 fully saturated rings. The number of nitrogen functional groups attached to an aromatic ring is 1. The first-order valence-corrected chi connectivity index (χ1v) is 8.77. The number of nitrogens with zero attached hydrogens (tertiary/aromatic N) is 2. The summed E-state index contributed by atoms with van der Waals surface area (Å²) in [5.41, 5.74) is 9.46. The van der Waals surface area contributed by atoms with Gasteiger partial charge in [0, 0.05) is 11.6 Å². The normalized spacial score (nSPS) is 10.5. The lowest BCUT2D eigenvalue weighted by molar-refractivity contribution is 0.414. The lowest BCUT2D eigenvalue weighted by Gasteiger charge is -2.13. The quantitative estimate of drug-likeness (QED) is 0.638. The van der Waals surface area contributed by atoms with Gasteiger partial charge in [-0.05, 0) is 54.8 Å². The minimum absolute atomic E-state index is 0.295. The van der Waals surface area contributed by atoms with Crippen molar-refractivity contribution in [3.8, 4) is 17.4 Å². The molecular formula is C20H21ClN4O2. The van der Waals surface area contributed by atoms with Crippen LogP contribution in [0.1, 0.15) is 16.7 Å². The Morgan fingerprint density at radius 1 is 1.04 bits per heavy atom. The molecule has 0 aliphatic carbocycles. The number of nitrogens with two attached hydrogens (primary N) is 1. The van der Waals surface area contributed by atoms with Gasteiger partial charge in [0.15, 0.2) is 5.82 Å². The smallest absolute Gasteiger partial charge is 0.248 e. The van der Waals surface area contributed by atoms with Gasteiger partial charge in [-0.1, -0.05) is 23.7 Å². The summed E-state index contributed by atoms with van der Waals surface area (Å²) in [5.74, 6) is 2.24. The van der Waals surface area contributed by atoms with Crippen molar-refractivity contribution < 1.29 is 9.47 Å². The number of hydrogen-bond acceptors (Lipinski definition) is 6. The summed E-state index contributed by atoms with van der Waals surface area (Å²) in [5, 5.41) is 3.93. The van der Waals surface area contributed by atoms with E-state index in [-0.39, 0.29) is 0 Å². The Bertz CT molecular complexity index is 922. The second-order valence-electron chi connectivity index (χ2n) is 6.12. The molecule has 0 atom stereocenters. The molecule has 3 N–H and O–H groups in total. The number of methoxy groups -OCH3 is 1. The largest absolute Gasteiger partial charge is 0.497 e. The van der Waals surface area contributed by atoms with Crippen LogP contribution in [0.5, 0.6) is 17.4 Å². The highest BCUT2D eigenvalue weighted by Gasteiger charge is 2.12. The molecule has 0 saturated heterocycles. The third-order valence-electron chi connectivity index (χ3n) is 4.09. The number of aromatic nitrogens is 2. The monoisotopic (exact) mass is 384 g/mol. The van der Waals surface area contributed by atoms with E-state index in [0.717, 1.165) is 27.5 Å².